The van der Waals surface area contributed by atoms with Crippen molar-refractivity contribution >= 4 is 0 Å². The Morgan fingerprint density at radius 3 is 2.31 bits per heavy atom. The van der Waals surface area contributed by atoms with Gasteiger partial charge in [-0.1, -0.05) is 17.7 Å². The molecular formula is C13H16N2O. The van der Waals surface area contributed by atoms with Gasteiger partial charge in [0, 0.05) is 12.1 Å². The molecule has 84 valence electrons. The van der Waals surface area contributed by atoms with Crippen LogP contribution in [0, 0.1) is 20.8 Å². The number of oxazole rings is 1. The summed E-state index contributed by atoms with van der Waals surface area (Å²) in [5.74, 6) is 0.662. The minimum absolute atomic E-state index is 0.410. The van der Waals surface area contributed by atoms with Crippen molar-refractivity contribution in [2.24, 2.45) is 5.73 Å². The summed E-state index contributed by atoms with van der Waals surface area (Å²) in [5.41, 5.74) is 11.0. The van der Waals surface area contributed by atoms with Gasteiger partial charge >= 0.3 is 0 Å². The fourth-order valence-corrected chi connectivity index (χ4v) is 2.03. The Hall–Kier alpha value is -1.61. The van der Waals surface area contributed by atoms with Crippen LogP contribution >= 0.6 is 0 Å². The summed E-state index contributed by atoms with van der Waals surface area (Å²) in [4.78, 5) is 4.36. The fraction of sp³-hybridized carbons (Fsp3) is 0.308. The maximum Gasteiger partial charge on any atom is 0.226 e. The van der Waals surface area contributed by atoms with Crippen LogP contribution in [0.3, 0.4) is 0 Å². The van der Waals surface area contributed by atoms with Gasteiger partial charge in [-0.3, -0.25) is 0 Å². The molecule has 0 atom stereocenters. The largest absolute Gasteiger partial charge is 0.444 e. The predicted molar refractivity (Wildman–Crippen MR) is 64.0 cm³/mol. The Bertz CT molecular complexity index is 491. The zero-order valence-corrected chi connectivity index (χ0v) is 9.87. The van der Waals surface area contributed by atoms with Crippen LogP contribution in [0.1, 0.15) is 22.4 Å². The third-order valence-electron chi connectivity index (χ3n) is 2.65. The highest BCUT2D eigenvalue weighted by Crippen LogP contribution is 2.27. The van der Waals surface area contributed by atoms with Crippen molar-refractivity contribution in [3.05, 3.63) is 40.8 Å². The zero-order valence-electron chi connectivity index (χ0n) is 9.87. The minimum atomic E-state index is 0.410. The van der Waals surface area contributed by atoms with Crippen LogP contribution in [0.4, 0.5) is 0 Å². The van der Waals surface area contributed by atoms with Crippen LogP contribution in [-0.4, -0.2) is 4.98 Å². The van der Waals surface area contributed by atoms with Gasteiger partial charge in [0.05, 0.1) is 5.69 Å². The first-order valence-electron chi connectivity index (χ1n) is 5.34. The van der Waals surface area contributed by atoms with Crippen molar-refractivity contribution < 1.29 is 4.42 Å². The van der Waals surface area contributed by atoms with E-state index in [2.05, 4.69) is 37.9 Å². The smallest absolute Gasteiger partial charge is 0.226 e. The molecular weight excluding hydrogens is 200 g/mol. The number of aromatic nitrogens is 1. The Labute approximate surface area is 95.3 Å². The predicted octanol–water partition coefficient (Wildman–Crippen LogP) is 2.73. The monoisotopic (exact) mass is 216 g/mol. The van der Waals surface area contributed by atoms with Crippen LogP contribution in [0.25, 0.3) is 11.5 Å². The standard InChI is InChI=1S/C13H16N2O/c1-8-4-9(2)12(10(3)5-8)13-15-11(6-14)7-16-13/h4-5,7H,6,14H2,1-3H3. The molecule has 0 aliphatic carbocycles. The molecule has 2 N–H and O–H groups in total. The highest BCUT2D eigenvalue weighted by atomic mass is 16.3. The molecule has 2 aromatic rings. The Balaban J connectivity index is 2.55. The van der Waals surface area contributed by atoms with E-state index in [0.717, 1.165) is 11.3 Å². The molecule has 0 saturated heterocycles. The van der Waals surface area contributed by atoms with E-state index in [9.17, 15) is 0 Å². The summed E-state index contributed by atoms with van der Waals surface area (Å²) in [6.45, 7) is 6.64. The Morgan fingerprint density at radius 2 is 1.81 bits per heavy atom. The molecule has 0 saturated carbocycles. The number of nitrogens with two attached hydrogens (primary N) is 1. The molecule has 0 unspecified atom stereocenters. The van der Waals surface area contributed by atoms with Crippen molar-refractivity contribution in [3.8, 4) is 11.5 Å². The van der Waals surface area contributed by atoms with Gasteiger partial charge in [-0.25, -0.2) is 4.98 Å². The van der Waals surface area contributed by atoms with E-state index in [1.807, 2.05) is 0 Å². The van der Waals surface area contributed by atoms with Crippen LogP contribution in [0.5, 0.6) is 0 Å². The van der Waals surface area contributed by atoms with Gasteiger partial charge in [0.1, 0.15) is 6.26 Å². The summed E-state index contributed by atoms with van der Waals surface area (Å²) in [7, 11) is 0. The van der Waals surface area contributed by atoms with E-state index < -0.39 is 0 Å². The van der Waals surface area contributed by atoms with Crippen molar-refractivity contribution in [1.29, 1.82) is 0 Å². The molecule has 1 heterocycles. The van der Waals surface area contributed by atoms with Crippen molar-refractivity contribution in [2.75, 3.05) is 0 Å². The summed E-state index contributed by atoms with van der Waals surface area (Å²) in [5, 5.41) is 0. The van der Waals surface area contributed by atoms with Crippen LogP contribution in [0.2, 0.25) is 0 Å². The second kappa shape index (κ2) is 4.10. The third kappa shape index (κ3) is 1.86. The summed E-state index contributed by atoms with van der Waals surface area (Å²) >= 11 is 0. The van der Waals surface area contributed by atoms with Crippen LogP contribution in [0.15, 0.2) is 22.8 Å². The van der Waals surface area contributed by atoms with Gasteiger partial charge in [0.15, 0.2) is 0 Å². The maximum absolute atomic E-state index is 5.52. The fourth-order valence-electron chi connectivity index (χ4n) is 2.03. The lowest BCUT2D eigenvalue weighted by atomic mass is 10.00. The molecule has 0 radical (unpaired) electrons. The Morgan fingerprint density at radius 1 is 1.19 bits per heavy atom. The molecule has 0 amide bonds. The average molecular weight is 216 g/mol. The van der Waals surface area contributed by atoms with Gasteiger partial charge in [-0.05, 0) is 31.9 Å². The van der Waals surface area contributed by atoms with Crippen molar-refractivity contribution in [1.82, 2.24) is 4.98 Å². The van der Waals surface area contributed by atoms with E-state index in [1.54, 1.807) is 6.26 Å². The maximum atomic E-state index is 5.52. The van der Waals surface area contributed by atoms with Gasteiger partial charge in [0.25, 0.3) is 0 Å². The van der Waals surface area contributed by atoms with E-state index in [0.29, 0.717) is 12.4 Å². The lowest BCUT2D eigenvalue weighted by Gasteiger charge is -2.07. The quantitative estimate of drug-likeness (QED) is 0.839. The summed E-state index contributed by atoms with van der Waals surface area (Å²) in [6, 6.07) is 4.27. The number of nitrogens with zero attached hydrogens (tertiary/aromatic N) is 1. The normalized spacial score (nSPS) is 10.8. The summed E-state index contributed by atoms with van der Waals surface area (Å²) in [6.07, 6.45) is 1.62. The molecule has 2 rings (SSSR count). The molecule has 0 aliphatic rings. The molecule has 16 heavy (non-hydrogen) atoms. The number of hydrogen-bond donors (Lipinski definition) is 1. The molecule has 0 fully saturated rings. The molecule has 0 spiro atoms. The second-order valence-corrected chi connectivity index (χ2v) is 4.12. The van der Waals surface area contributed by atoms with Crippen molar-refractivity contribution in [2.45, 2.75) is 27.3 Å². The summed E-state index contributed by atoms with van der Waals surface area (Å²) < 4.78 is 5.45. The molecule has 1 aromatic carbocycles. The first-order valence-corrected chi connectivity index (χ1v) is 5.34. The molecule has 0 aliphatic heterocycles. The van der Waals surface area contributed by atoms with E-state index in [1.165, 1.54) is 16.7 Å². The third-order valence-corrected chi connectivity index (χ3v) is 2.65. The van der Waals surface area contributed by atoms with Gasteiger partial charge in [-0.2, -0.15) is 0 Å². The van der Waals surface area contributed by atoms with E-state index >= 15 is 0 Å². The van der Waals surface area contributed by atoms with Gasteiger partial charge < -0.3 is 10.2 Å². The molecule has 0 bridgehead atoms. The first-order chi connectivity index (χ1) is 7.61. The number of hydrogen-bond acceptors (Lipinski definition) is 3. The van der Waals surface area contributed by atoms with Crippen molar-refractivity contribution in [3.63, 3.8) is 0 Å². The van der Waals surface area contributed by atoms with Gasteiger partial charge in [-0.15, -0.1) is 0 Å². The topological polar surface area (TPSA) is 52.0 Å². The number of rotatable bonds is 2. The van der Waals surface area contributed by atoms with Crippen LogP contribution in [-0.2, 0) is 6.54 Å². The highest BCUT2D eigenvalue weighted by Gasteiger charge is 2.11. The second-order valence-electron chi connectivity index (χ2n) is 4.12. The Kier molecular flexibility index (Phi) is 2.79. The zero-order chi connectivity index (χ0) is 11.7. The molecule has 1 aromatic heterocycles. The SMILES string of the molecule is Cc1cc(C)c(-c2nc(CN)co2)c(C)c1. The lowest BCUT2D eigenvalue weighted by Crippen LogP contribution is -1.96. The van der Waals surface area contributed by atoms with E-state index in [-0.39, 0.29) is 0 Å². The molecule has 3 heteroatoms. The first kappa shape index (κ1) is 10.9. The lowest BCUT2D eigenvalue weighted by molar-refractivity contribution is 0.571. The number of benzene rings is 1. The van der Waals surface area contributed by atoms with Crippen LogP contribution < -0.4 is 5.73 Å². The van der Waals surface area contributed by atoms with E-state index in [4.69, 9.17) is 10.2 Å². The minimum Gasteiger partial charge on any atom is -0.444 e. The number of aryl methyl sites for hydroxylation is 3. The highest BCUT2D eigenvalue weighted by molar-refractivity contribution is 5.64. The molecule has 3 nitrogen and oxygen atoms in total. The van der Waals surface area contributed by atoms with Gasteiger partial charge in [0.2, 0.25) is 5.89 Å². The average Bonchev–Trinajstić information content (AvgIpc) is 2.64.